The van der Waals surface area contributed by atoms with E-state index in [1.807, 2.05) is 34.1 Å². The van der Waals surface area contributed by atoms with Crippen LogP contribution in [-0.2, 0) is 6.54 Å². The SMILES string of the molecule is CCC(C)N1CCN(C(=O)c2ccc(CN3CCCC(C(F)(F)F)C3)cc2)CC1. The number of hydrogen-bond donors (Lipinski definition) is 0. The van der Waals surface area contributed by atoms with Crippen LogP contribution in [-0.4, -0.2) is 72.1 Å². The normalized spacial score (nSPS) is 23.2. The molecule has 2 aliphatic heterocycles. The lowest BCUT2D eigenvalue weighted by atomic mass is 9.97. The summed E-state index contributed by atoms with van der Waals surface area (Å²) in [6.45, 7) is 8.90. The smallest absolute Gasteiger partial charge is 0.336 e. The topological polar surface area (TPSA) is 26.8 Å². The Balaban J connectivity index is 1.53. The number of carbonyl (C=O) groups excluding carboxylic acids is 1. The molecule has 0 aromatic heterocycles. The van der Waals surface area contributed by atoms with Crippen LogP contribution in [0.2, 0.25) is 0 Å². The fourth-order valence-electron chi connectivity index (χ4n) is 4.28. The van der Waals surface area contributed by atoms with Crippen LogP contribution >= 0.6 is 0 Å². The Hall–Kier alpha value is -1.60. The van der Waals surface area contributed by atoms with Gasteiger partial charge in [0.1, 0.15) is 0 Å². The van der Waals surface area contributed by atoms with Gasteiger partial charge in [-0.3, -0.25) is 14.6 Å². The molecule has 2 atom stereocenters. The minimum absolute atomic E-state index is 0.0375. The van der Waals surface area contributed by atoms with Gasteiger partial charge in [-0.25, -0.2) is 0 Å². The fraction of sp³-hybridized carbons (Fsp3) is 0.682. The largest absolute Gasteiger partial charge is 0.393 e. The van der Waals surface area contributed by atoms with Crippen LogP contribution < -0.4 is 0 Å². The molecule has 2 aliphatic rings. The predicted molar refractivity (Wildman–Crippen MR) is 108 cm³/mol. The zero-order valence-electron chi connectivity index (χ0n) is 17.4. The van der Waals surface area contributed by atoms with E-state index >= 15 is 0 Å². The Kier molecular flexibility index (Phi) is 7.22. The first-order valence-corrected chi connectivity index (χ1v) is 10.7. The monoisotopic (exact) mass is 411 g/mol. The highest BCUT2D eigenvalue weighted by Crippen LogP contribution is 2.33. The van der Waals surface area contributed by atoms with Crippen molar-refractivity contribution in [2.75, 3.05) is 39.3 Å². The summed E-state index contributed by atoms with van der Waals surface area (Å²) in [6, 6.07) is 7.91. The van der Waals surface area contributed by atoms with E-state index in [0.717, 1.165) is 38.2 Å². The summed E-state index contributed by atoms with van der Waals surface area (Å²) in [5.74, 6) is -1.19. The summed E-state index contributed by atoms with van der Waals surface area (Å²) in [5, 5.41) is 0. The van der Waals surface area contributed by atoms with Crippen LogP contribution in [0.15, 0.2) is 24.3 Å². The second kappa shape index (κ2) is 9.47. The van der Waals surface area contributed by atoms with E-state index in [-0.39, 0.29) is 18.9 Å². The molecular weight excluding hydrogens is 379 g/mol. The maximum absolute atomic E-state index is 13.0. The molecule has 1 aromatic carbocycles. The maximum atomic E-state index is 13.0. The van der Waals surface area contributed by atoms with Crippen molar-refractivity contribution in [3.05, 3.63) is 35.4 Å². The van der Waals surface area contributed by atoms with Gasteiger partial charge >= 0.3 is 6.18 Å². The summed E-state index contributed by atoms with van der Waals surface area (Å²) in [6.07, 6.45) is -2.22. The van der Waals surface area contributed by atoms with Crippen LogP contribution in [0.4, 0.5) is 13.2 Å². The third-order valence-corrected chi connectivity index (χ3v) is 6.39. The first-order valence-electron chi connectivity index (χ1n) is 10.7. The number of piperazine rings is 1. The number of rotatable bonds is 5. The molecule has 1 amide bonds. The predicted octanol–water partition coefficient (Wildman–Crippen LogP) is 4.02. The van der Waals surface area contributed by atoms with Gasteiger partial charge in [-0.05, 0) is 50.4 Å². The quantitative estimate of drug-likeness (QED) is 0.732. The van der Waals surface area contributed by atoms with E-state index in [4.69, 9.17) is 0 Å². The third-order valence-electron chi connectivity index (χ3n) is 6.39. The highest BCUT2D eigenvalue weighted by Gasteiger charge is 2.41. The molecule has 1 aromatic rings. The molecule has 2 unspecified atom stereocenters. The van der Waals surface area contributed by atoms with Gasteiger partial charge in [0.2, 0.25) is 0 Å². The van der Waals surface area contributed by atoms with Gasteiger partial charge in [0.25, 0.3) is 5.91 Å². The number of alkyl halides is 3. The fourth-order valence-corrected chi connectivity index (χ4v) is 4.28. The number of benzene rings is 1. The van der Waals surface area contributed by atoms with E-state index in [0.29, 0.717) is 31.1 Å². The summed E-state index contributed by atoms with van der Waals surface area (Å²) in [7, 11) is 0. The summed E-state index contributed by atoms with van der Waals surface area (Å²) < 4.78 is 39.0. The highest BCUT2D eigenvalue weighted by molar-refractivity contribution is 5.94. The standard InChI is InChI=1S/C22H32F3N3O/c1-3-17(2)27-11-13-28(14-12-27)21(29)19-8-6-18(7-9-19)15-26-10-4-5-20(16-26)22(23,24)25/h6-9,17,20H,3-5,10-16H2,1-2H3. The number of piperidine rings is 1. The van der Waals surface area contributed by atoms with E-state index in [1.54, 1.807) is 0 Å². The first kappa shape index (κ1) is 22.1. The lowest BCUT2D eigenvalue weighted by molar-refractivity contribution is -0.187. The van der Waals surface area contributed by atoms with Crippen molar-refractivity contribution < 1.29 is 18.0 Å². The van der Waals surface area contributed by atoms with Crippen molar-refractivity contribution in [3.63, 3.8) is 0 Å². The molecule has 0 aliphatic carbocycles. The molecule has 7 heteroatoms. The molecule has 0 radical (unpaired) electrons. The second-order valence-corrected chi connectivity index (χ2v) is 8.40. The third kappa shape index (κ3) is 5.72. The van der Waals surface area contributed by atoms with Crippen molar-refractivity contribution >= 4 is 5.91 Å². The van der Waals surface area contributed by atoms with Crippen molar-refractivity contribution in [2.24, 2.45) is 5.92 Å². The molecule has 0 spiro atoms. The van der Waals surface area contributed by atoms with E-state index in [2.05, 4.69) is 18.7 Å². The molecular formula is C22H32F3N3O. The number of amides is 1. The van der Waals surface area contributed by atoms with Crippen LogP contribution in [0, 0.1) is 5.92 Å². The number of carbonyl (C=O) groups is 1. The van der Waals surface area contributed by atoms with E-state index in [1.165, 1.54) is 0 Å². The van der Waals surface area contributed by atoms with Gasteiger partial charge in [0, 0.05) is 50.9 Å². The van der Waals surface area contributed by atoms with Crippen LogP contribution in [0.25, 0.3) is 0 Å². The number of nitrogens with zero attached hydrogens (tertiary/aromatic N) is 3. The van der Waals surface area contributed by atoms with Crippen LogP contribution in [0.3, 0.4) is 0 Å². The Morgan fingerprint density at radius 1 is 1.10 bits per heavy atom. The van der Waals surface area contributed by atoms with Gasteiger partial charge in [-0.15, -0.1) is 0 Å². The minimum Gasteiger partial charge on any atom is -0.336 e. The molecule has 4 nitrogen and oxygen atoms in total. The van der Waals surface area contributed by atoms with Crippen molar-refractivity contribution in [1.29, 1.82) is 0 Å². The lowest BCUT2D eigenvalue weighted by Gasteiger charge is -2.37. The van der Waals surface area contributed by atoms with Crippen molar-refractivity contribution in [3.8, 4) is 0 Å². The maximum Gasteiger partial charge on any atom is 0.393 e. The van der Waals surface area contributed by atoms with Gasteiger partial charge < -0.3 is 4.90 Å². The summed E-state index contributed by atoms with van der Waals surface area (Å²) in [4.78, 5) is 19.0. The number of likely N-dealkylation sites (tertiary alicyclic amines) is 1. The summed E-state index contributed by atoms with van der Waals surface area (Å²) >= 11 is 0. The lowest BCUT2D eigenvalue weighted by Crippen LogP contribution is -2.51. The van der Waals surface area contributed by atoms with Crippen molar-refractivity contribution in [2.45, 2.75) is 51.9 Å². The molecule has 0 saturated carbocycles. The van der Waals surface area contributed by atoms with Crippen LogP contribution in [0.1, 0.15) is 49.0 Å². The number of halogens is 3. The Bertz CT molecular complexity index is 669. The molecule has 3 rings (SSSR count). The van der Waals surface area contributed by atoms with Crippen LogP contribution in [0.5, 0.6) is 0 Å². The van der Waals surface area contributed by atoms with Gasteiger partial charge in [-0.1, -0.05) is 19.1 Å². The zero-order valence-corrected chi connectivity index (χ0v) is 17.4. The molecule has 2 heterocycles. The molecule has 0 bridgehead atoms. The molecule has 2 saturated heterocycles. The Labute approximate surface area is 171 Å². The number of hydrogen-bond acceptors (Lipinski definition) is 3. The molecule has 2 fully saturated rings. The highest BCUT2D eigenvalue weighted by atomic mass is 19.4. The van der Waals surface area contributed by atoms with E-state index in [9.17, 15) is 18.0 Å². The average molecular weight is 412 g/mol. The molecule has 162 valence electrons. The molecule has 0 N–H and O–H groups in total. The Morgan fingerprint density at radius 3 is 2.34 bits per heavy atom. The summed E-state index contributed by atoms with van der Waals surface area (Å²) in [5.41, 5.74) is 1.60. The second-order valence-electron chi connectivity index (χ2n) is 8.40. The first-order chi connectivity index (χ1) is 13.8. The van der Waals surface area contributed by atoms with Gasteiger partial charge in [0.05, 0.1) is 5.92 Å². The van der Waals surface area contributed by atoms with Gasteiger partial charge in [-0.2, -0.15) is 13.2 Å². The van der Waals surface area contributed by atoms with Gasteiger partial charge in [0.15, 0.2) is 0 Å². The Morgan fingerprint density at radius 2 is 1.76 bits per heavy atom. The van der Waals surface area contributed by atoms with E-state index < -0.39 is 12.1 Å². The molecule has 29 heavy (non-hydrogen) atoms. The average Bonchev–Trinajstić information content (AvgIpc) is 2.73. The zero-order chi connectivity index (χ0) is 21.0. The van der Waals surface area contributed by atoms with Crippen molar-refractivity contribution in [1.82, 2.24) is 14.7 Å². The minimum atomic E-state index is -4.12.